The third-order valence-corrected chi connectivity index (χ3v) is 3.54. The van der Waals surface area contributed by atoms with Crippen molar-refractivity contribution in [3.63, 3.8) is 0 Å². The van der Waals surface area contributed by atoms with Gasteiger partial charge in [0.15, 0.2) is 0 Å². The first-order valence-electron chi connectivity index (χ1n) is 6.30. The first-order chi connectivity index (χ1) is 7.74. The van der Waals surface area contributed by atoms with Crippen molar-refractivity contribution in [2.24, 2.45) is 11.7 Å². The monoisotopic (exact) mass is 218 g/mol. The molecule has 1 aliphatic rings. The van der Waals surface area contributed by atoms with Crippen LogP contribution in [0.2, 0.25) is 0 Å². The Hall–Kier alpha value is -1.02. The summed E-state index contributed by atoms with van der Waals surface area (Å²) < 4.78 is 0. The van der Waals surface area contributed by atoms with Crippen LogP contribution in [0.5, 0.6) is 0 Å². The summed E-state index contributed by atoms with van der Waals surface area (Å²) in [7, 11) is 0. The number of anilines is 1. The van der Waals surface area contributed by atoms with Gasteiger partial charge in [-0.15, -0.1) is 0 Å². The molecule has 3 N–H and O–H groups in total. The first kappa shape index (κ1) is 11.5. The molecule has 2 rings (SSSR count). The van der Waals surface area contributed by atoms with E-state index in [1.165, 1.54) is 36.9 Å². The molecule has 0 aliphatic heterocycles. The quantitative estimate of drug-likeness (QED) is 0.818. The summed E-state index contributed by atoms with van der Waals surface area (Å²) in [6, 6.07) is 9.07. The third-order valence-electron chi connectivity index (χ3n) is 3.54. The molecule has 1 aliphatic carbocycles. The molecule has 0 bridgehead atoms. The molecule has 1 fully saturated rings. The van der Waals surface area contributed by atoms with Gasteiger partial charge in [-0.3, -0.25) is 0 Å². The average molecular weight is 218 g/mol. The molecule has 2 heteroatoms. The summed E-state index contributed by atoms with van der Waals surface area (Å²) in [4.78, 5) is 0. The van der Waals surface area contributed by atoms with E-state index in [0.29, 0.717) is 6.04 Å². The van der Waals surface area contributed by atoms with E-state index in [4.69, 9.17) is 5.73 Å². The molecule has 1 saturated carbocycles. The van der Waals surface area contributed by atoms with Crippen molar-refractivity contribution < 1.29 is 0 Å². The van der Waals surface area contributed by atoms with Crippen LogP contribution in [0.3, 0.4) is 0 Å². The molecule has 1 aromatic carbocycles. The van der Waals surface area contributed by atoms with Crippen LogP contribution >= 0.6 is 0 Å². The minimum Gasteiger partial charge on any atom is -0.385 e. The second-order valence-corrected chi connectivity index (χ2v) is 5.03. The Morgan fingerprint density at radius 2 is 1.75 bits per heavy atom. The molecule has 0 spiro atoms. The van der Waals surface area contributed by atoms with Gasteiger partial charge >= 0.3 is 0 Å². The fourth-order valence-corrected chi connectivity index (χ4v) is 2.33. The number of rotatable bonds is 3. The van der Waals surface area contributed by atoms with E-state index in [2.05, 4.69) is 36.5 Å². The predicted octanol–water partition coefficient (Wildman–Crippen LogP) is 2.92. The summed E-state index contributed by atoms with van der Waals surface area (Å²) in [6.07, 6.45) is 4.94. The van der Waals surface area contributed by atoms with Gasteiger partial charge in [-0.2, -0.15) is 0 Å². The lowest BCUT2D eigenvalue weighted by atomic mass is 9.86. The molecular formula is C14H22N2. The normalized spacial score (nSPS) is 25.4. The second-order valence-electron chi connectivity index (χ2n) is 5.03. The Bertz CT molecular complexity index is 310. The third kappa shape index (κ3) is 3.24. The van der Waals surface area contributed by atoms with Crippen LogP contribution in [-0.2, 0) is 0 Å². The number of nitrogens with two attached hydrogens (primary N) is 1. The Labute approximate surface area is 98.2 Å². The lowest BCUT2D eigenvalue weighted by Gasteiger charge is -2.26. The molecule has 88 valence electrons. The highest BCUT2D eigenvalue weighted by atomic mass is 14.9. The highest BCUT2D eigenvalue weighted by Gasteiger charge is 2.17. The van der Waals surface area contributed by atoms with E-state index >= 15 is 0 Å². The van der Waals surface area contributed by atoms with Crippen LogP contribution in [0.15, 0.2) is 24.3 Å². The zero-order valence-corrected chi connectivity index (χ0v) is 10.1. The number of benzene rings is 1. The van der Waals surface area contributed by atoms with Gasteiger partial charge in [-0.1, -0.05) is 17.7 Å². The highest BCUT2D eigenvalue weighted by molar-refractivity contribution is 5.44. The second kappa shape index (κ2) is 5.35. The van der Waals surface area contributed by atoms with Crippen molar-refractivity contribution in [2.75, 3.05) is 11.9 Å². The van der Waals surface area contributed by atoms with Crippen LogP contribution in [-0.4, -0.2) is 12.6 Å². The van der Waals surface area contributed by atoms with Crippen molar-refractivity contribution in [3.05, 3.63) is 29.8 Å². The lowest BCUT2D eigenvalue weighted by molar-refractivity contribution is 0.339. The predicted molar refractivity (Wildman–Crippen MR) is 69.6 cm³/mol. The number of nitrogens with one attached hydrogen (secondary N) is 1. The molecule has 0 atom stereocenters. The molecule has 0 heterocycles. The van der Waals surface area contributed by atoms with E-state index in [9.17, 15) is 0 Å². The maximum absolute atomic E-state index is 5.90. The standard InChI is InChI=1S/C14H22N2/c1-11-2-8-14(9-3-11)16-10-12-4-6-13(15)7-5-12/h2-3,8-9,12-13,16H,4-7,10,15H2,1H3/t12-,13-. The molecule has 0 unspecified atom stereocenters. The SMILES string of the molecule is Cc1ccc(NC[C@H]2CC[C@H](N)CC2)cc1. The lowest BCUT2D eigenvalue weighted by Crippen LogP contribution is -2.29. The number of hydrogen-bond acceptors (Lipinski definition) is 2. The molecule has 1 aromatic rings. The molecule has 0 saturated heterocycles. The summed E-state index contributed by atoms with van der Waals surface area (Å²) in [5, 5.41) is 3.52. The van der Waals surface area contributed by atoms with Crippen LogP contribution < -0.4 is 11.1 Å². The van der Waals surface area contributed by atoms with Gasteiger partial charge in [-0.05, 0) is 50.7 Å². The van der Waals surface area contributed by atoms with Gasteiger partial charge < -0.3 is 11.1 Å². The van der Waals surface area contributed by atoms with Crippen molar-refractivity contribution in [1.82, 2.24) is 0 Å². The van der Waals surface area contributed by atoms with Crippen LogP contribution in [0.4, 0.5) is 5.69 Å². The summed E-state index contributed by atoms with van der Waals surface area (Å²) in [5.74, 6) is 0.807. The van der Waals surface area contributed by atoms with E-state index < -0.39 is 0 Å². The fraction of sp³-hybridized carbons (Fsp3) is 0.571. The van der Waals surface area contributed by atoms with Crippen molar-refractivity contribution in [3.8, 4) is 0 Å². The molecule has 0 aromatic heterocycles. The summed E-state index contributed by atoms with van der Waals surface area (Å²) >= 11 is 0. The number of hydrogen-bond donors (Lipinski definition) is 2. The van der Waals surface area contributed by atoms with E-state index in [0.717, 1.165) is 12.5 Å². The Morgan fingerprint density at radius 3 is 2.38 bits per heavy atom. The van der Waals surface area contributed by atoms with Gasteiger partial charge in [0.1, 0.15) is 0 Å². The molecular weight excluding hydrogens is 196 g/mol. The molecule has 2 nitrogen and oxygen atoms in total. The zero-order chi connectivity index (χ0) is 11.4. The zero-order valence-electron chi connectivity index (χ0n) is 10.1. The van der Waals surface area contributed by atoms with Gasteiger partial charge in [0.2, 0.25) is 0 Å². The minimum absolute atomic E-state index is 0.454. The molecule has 16 heavy (non-hydrogen) atoms. The van der Waals surface area contributed by atoms with Crippen LogP contribution in [0.25, 0.3) is 0 Å². The topological polar surface area (TPSA) is 38.0 Å². The Kier molecular flexibility index (Phi) is 3.83. The summed E-state index contributed by atoms with van der Waals surface area (Å²) in [5.41, 5.74) is 8.45. The Morgan fingerprint density at radius 1 is 1.12 bits per heavy atom. The van der Waals surface area contributed by atoms with E-state index in [1.54, 1.807) is 0 Å². The van der Waals surface area contributed by atoms with E-state index in [1.807, 2.05) is 0 Å². The van der Waals surface area contributed by atoms with Gasteiger partial charge in [0.25, 0.3) is 0 Å². The van der Waals surface area contributed by atoms with Gasteiger partial charge in [0, 0.05) is 18.3 Å². The summed E-state index contributed by atoms with van der Waals surface area (Å²) in [6.45, 7) is 3.21. The Balaban J connectivity index is 1.77. The molecule has 0 radical (unpaired) electrons. The van der Waals surface area contributed by atoms with Crippen molar-refractivity contribution in [1.29, 1.82) is 0 Å². The van der Waals surface area contributed by atoms with Crippen LogP contribution in [0.1, 0.15) is 31.2 Å². The van der Waals surface area contributed by atoms with Crippen molar-refractivity contribution >= 4 is 5.69 Å². The average Bonchev–Trinajstić information content (AvgIpc) is 2.30. The molecule has 0 amide bonds. The maximum atomic E-state index is 5.90. The smallest absolute Gasteiger partial charge is 0.0340 e. The van der Waals surface area contributed by atoms with Gasteiger partial charge in [-0.25, -0.2) is 0 Å². The van der Waals surface area contributed by atoms with Crippen LogP contribution in [0, 0.1) is 12.8 Å². The van der Waals surface area contributed by atoms with Gasteiger partial charge in [0.05, 0.1) is 0 Å². The maximum Gasteiger partial charge on any atom is 0.0340 e. The fourth-order valence-electron chi connectivity index (χ4n) is 2.33. The first-order valence-corrected chi connectivity index (χ1v) is 6.30. The number of aryl methyl sites for hydroxylation is 1. The largest absolute Gasteiger partial charge is 0.385 e. The minimum atomic E-state index is 0.454. The highest BCUT2D eigenvalue weighted by Crippen LogP contribution is 2.23. The van der Waals surface area contributed by atoms with Crippen molar-refractivity contribution in [2.45, 2.75) is 38.6 Å². The van der Waals surface area contributed by atoms with E-state index in [-0.39, 0.29) is 0 Å².